The van der Waals surface area contributed by atoms with E-state index in [0.29, 0.717) is 26.3 Å². The Labute approximate surface area is 99.7 Å². The highest BCUT2D eigenvalue weighted by Gasteiger charge is 2.27. The molecule has 1 aliphatic rings. The van der Waals surface area contributed by atoms with Crippen LogP contribution in [0.15, 0.2) is 0 Å². The molecule has 1 aliphatic heterocycles. The molecule has 0 bridgehead atoms. The smallest absolute Gasteiger partial charge is 0.323 e. The monoisotopic (exact) mass is 246 g/mol. The van der Waals surface area contributed by atoms with Gasteiger partial charge in [0.25, 0.3) is 5.91 Å². The summed E-state index contributed by atoms with van der Waals surface area (Å²) in [5, 5.41) is 11.8. The fourth-order valence-corrected chi connectivity index (χ4v) is 1.56. The number of hydrogen-bond acceptors (Lipinski definition) is 5. The fourth-order valence-electron chi connectivity index (χ4n) is 1.56. The number of morpholine rings is 1. The molecule has 1 heterocycles. The molecule has 0 aromatic rings. The number of nitrogens with zero attached hydrogens (tertiary/aromatic N) is 1. The largest absolute Gasteiger partial charge is 0.480 e. The molecule has 1 amide bonds. The van der Waals surface area contributed by atoms with Crippen molar-refractivity contribution >= 4 is 11.9 Å². The summed E-state index contributed by atoms with van der Waals surface area (Å²) in [6.07, 6.45) is -0.597. The van der Waals surface area contributed by atoms with Gasteiger partial charge in [0.05, 0.1) is 13.2 Å². The first-order chi connectivity index (χ1) is 8.15. The zero-order valence-corrected chi connectivity index (χ0v) is 9.85. The van der Waals surface area contributed by atoms with Crippen LogP contribution in [-0.4, -0.2) is 74.5 Å². The number of carboxylic acids is 1. The summed E-state index contributed by atoms with van der Waals surface area (Å²) in [5.41, 5.74) is 0. The Balaban J connectivity index is 2.53. The average Bonchev–Trinajstić information content (AvgIpc) is 2.34. The molecular weight excluding hydrogens is 228 g/mol. The van der Waals surface area contributed by atoms with Gasteiger partial charge in [-0.15, -0.1) is 0 Å². The highest BCUT2D eigenvalue weighted by Crippen LogP contribution is 2.02. The second kappa shape index (κ2) is 7.21. The van der Waals surface area contributed by atoms with Crippen LogP contribution in [0.25, 0.3) is 0 Å². The molecule has 2 N–H and O–H groups in total. The molecule has 7 nitrogen and oxygen atoms in total. The van der Waals surface area contributed by atoms with E-state index in [1.54, 1.807) is 0 Å². The number of methoxy groups -OCH3 is 1. The van der Waals surface area contributed by atoms with Gasteiger partial charge in [-0.2, -0.15) is 0 Å². The van der Waals surface area contributed by atoms with Gasteiger partial charge < -0.3 is 24.8 Å². The first kappa shape index (κ1) is 13.9. The lowest BCUT2D eigenvalue weighted by Gasteiger charge is -2.28. The molecule has 98 valence electrons. The maximum atomic E-state index is 12.0. The Morgan fingerprint density at radius 1 is 1.59 bits per heavy atom. The van der Waals surface area contributed by atoms with Crippen molar-refractivity contribution in [3.05, 3.63) is 0 Å². The van der Waals surface area contributed by atoms with Gasteiger partial charge >= 0.3 is 5.97 Å². The first-order valence-electron chi connectivity index (χ1n) is 5.47. The molecule has 1 saturated heterocycles. The highest BCUT2D eigenvalue weighted by molar-refractivity contribution is 5.85. The lowest BCUT2D eigenvalue weighted by molar-refractivity contribution is -0.152. The van der Waals surface area contributed by atoms with Crippen LogP contribution in [0.3, 0.4) is 0 Å². The summed E-state index contributed by atoms with van der Waals surface area (Å²) in [4.78, 5) is 23.9. The van der Waals surface area contributed by atoms with E-state index in [9.17, 15) is 9.59 Å². The Hall–Kier alpha value is -1.18. The number of carboxylic acid groups (broad SMARTS) is 1. The molecule has 1 unspecified atom stereocenters. The number of carbonyl (C=O) groups excluding carboxylic acids is 1. The molecule has 7 heteroatoms. The Morgan fingerprint density at radius 2 is 2.35 bits per heavy atom. The third-order valence-corrected chi connectivity index (χ3v) is 2.41. The third-order valence-electron chi connectivity index (χ3n) is 2.41. The number of nitrogens with one attached hydrogen (secondary N) is 1. The standard InChI is InChI=1S/C10H18N2O5/c1-16-5-3-12(7-9(13)14)10(15)8-6-11-2-4-17-8/h8,11H,2-7H2,1H3,(H,13,14). The van der Waals surface area contributed by atoms with Crippen molar-refractivity contribution in [2.75, 3.05) is 46.5 Å². The average molecular weight is 246 g/mol. The van der Waals surface area contributed by atoms with Crippen molar-refractivity contribution in [2.45, 2.75) is 6.10 Å². The van der Waals surface area contributed by atoms with Crippen LogP contribution in [0.4, 0.5) is 0 Å². The van der Waals surface area contributed by atoms with Gasteiger partial charge in [-0.25, -0.2) is 0 Å². The van der Waals surface area contributed by atoms with E-state index in [2.05, 4.69) is 5.32 Å². The van der Waals surface area contributed by atoms with Gasteiger partial charge in [-0.3, -0.25) is 9.59 Å². The summed E-state index contributed by atoms with van der Waals surface area (Å²) in [7, 11) is 1.50. The maximum Gasteiger partial charge on any atom is 0.323 e. The van der Waals surface area contributed by atoms with Crippen LogP contribution in [0, 0.1) is 0 Å². The van der Waals surface area contributed by atoms with E-state index in [0.717, 1.165) is 0 Å². The normalized spacial score (nSPS) is 19.9. The predicted octanol–water partition coefficient (Wildman–Crippen LogP) is -1.47. The number of rotatable bonds is 6. The third kappa shape index (κ3) is 4.68. The number of hydrogen-bond donors (Lipinski definition) is 2. The second-order valence-corrected chi connectivity index (χ2v) is 3.71. The van der Waals surface area contributed by atoms with Gasteiger partial charge in [0.2, 0.25) is 0 Å². The quantitative estimate of drug-likeness (QED) is 0.595. The second-order valence-electron chi connectivity index (χ2n) is 3.71. The molecule has 0 aromatic carbocycles. The topological polar surface area (TPSA) is 88.1 Å². The molecule has 1 atom stereocenters. The van der Waals surface area contributed by atoms with E-state index in [-0.39, 0.29) is 19.0 Å². The van der Waals surface area contributed by atoms with Crippen LogP contribution < -0.4 is 5.32 Å². The fraction of sp³-hybridized carbons (Fsp3) is 0.800. The van der Waals surface area contributed by atoms with Gasteiger partial charge in [0.1, 0.15) is 12.6 Å². The molecule has 0 saturated carbocycles. The molecular formula is C10H18N2O5. The molecule has 17 heavy (non-hydrogen) atoms. The Kier molecular flexibility index (Phi) is 5.88. The lowest BCUT2D eigenvalue weighted by Crippen LogP contribution is -2.51. The molecule has 0 radical (unpaired) electrons. The first-order valence-corrected chi connectivity index (χ1v) is 5.47. The van der Waals surface area contributed by atoms with E-state index in [1.807, 2.05) is 0 Å². The Bertz CT molecular complexity index is 265. The van der Waals surface area contributed by atoms with Crippen LogP contribution in [-0.2, 0) is 19.1 Å². The van der Waals surface area contributed by atoms with E-state index in [4.69, 9.17) is 14.6 Å². The number of aliphatic carboxylic acids is 1. The van der Waals surface area contributed by atoms with Crippen molar-refractivity contribution in [3.8, 4) is 0 Å². The summed E-state index contributed by atoms with van der Waals surface area (Å²) >= 11 is 0. The van der Waals surface area contributed by atoms with Crippen molar-refractivity contribution in [1.82, 2.24) is 10.2 Å². The summed E-state index contributed by atoms with van der Waals surface area (Å²) < 4.78 is 10.1. The molecule has 0 spiro atoms. The van der Waals surface area contributed by atoms with Gasteiger partial charge in [-0.1, -0.05) is 0 Å². The SMILES string of the molecule is COCCN(CC(=O)O)C(=O)C1CNCCO1. The van der Waals surface area contributed by atoms with Gasteiger partial charge in [0, 0.05) is 26.7 Å². The minimum atomic E-state index is -1.04. The molecule has 0 aromatic heterocycles. The van der Waals surface area contributed by atoms with Crippen molar-refractivity contribution in [3.63, 3.8) is 0 Å². The zero-order valence-electron chi connectivity index (χ0n) is 9.85. The van der Waals surface area contributed by atoms with Crippen molar-refractivity contribution in [1.29, 1.82) is 0 Å². The number of amides is 1. The Morgan fingerprint density at radius 3 is 2.88 bits per heavy atom. The predicted molar refractivity (Wildman–Crippen MR) is 58.7 cm³/mol. The summed E-state index contributed by atoms with van der Waals surface area (Å²) in [6, 6.07) is 0. The van der Waals surface area contributed by atoms with Crippen LogP contribution in [0.5, 0.6) is 0 Å². The van der Waals surface area contributed by atoms with E-state index in [1.165, 1.54) is 12.0 Å². The van der Waals surface area contributed by atoms with E-state index < -0.39 is 12.1 Å². The minimum absolute atomic E-state index is 0.251. The zero-order chi connectivity index (χ0) is 12.7. The highest BCUT2D eigenvalue weighted by atomic mass is 16.5. The molecule has 1 rings (SSSR count). The summed E-state index contributed by atoms with van der Waals surface area (Å²) in [6.45, 7) is 1.81. The van der Waals surface area contributed by atoms with Crippen LogP contribution in [0.1, 0.15) is 0 Å². The number of ether oxygens (including phenoxy) is 2. The lowest BCUT2D eigenvalue weighted by atomic mass is 10.2. The van der Waals surface area contributed by atoms with Gasteiger partial charge in [0.15, 0.2) is 0 Å². The minimum Gasteiger partial charge on any atom is -0.480 e. The van der Waals surface area contributed by atoms with E-state index >= 15 is 0 Å². The van der Waals surface area contributed by atoms with Gasteiger partial charge in [-0.05, 0) is 0 Å². The van der Waals surface area contributed by atoms with Crippen LogP contribution in [0.2, 0.25) is 0 Å². The maximum absolute atomic E-state index is 12.0. The van der Waals surface area contributed by atoms with Crippen molar-refractivity contribution in [2.24, 2.45) is 0 Å². The number of carbonyl (C=O) groups is 2. The van der Waals surface area contributed by atoms with Crippen molar-refractivity contribution < 1.29 is 24.2 Å². The molecule has 0 aliphatic carbocycles. The van der Waals surface area contributed by atoms with Crippen LogP contribution >= 0.6 is 0 Å². The summed E-state index contributed by atoms with van der Waals surface area (Å²) in [5.74, 6) is -1.35. The molecule has 1 fully saturated rings.